The molecule has 3 nitrogen and oxygen atoms in total. The second kappa shape index (κ2) is 6.93. The average Bonchev–Trinajstić information content (AvgIpc) is 2.57. The summed E-state index contributed by atoms with van der Waals surface area (Å²) in [5.41, 5.74) is 4.52. The van der Waals surface area contributed by atoms with E-state index >= 15 is 0 Å². The van der Waals surface area contributed by atoms with Crippen molar-refractivity contribution in [1.29, 1.82) is 5.26 Å². The molecule has 2 N–H and O–H groups in total. The van der Waals surface area contributed by atoms with E-state index in [4.69, 9.17) is 16.9 Å². The van der Waals surface area contributed by atoms with Crippen molar-refractivity contribution in [2.75, 3.05) is 5.88 Å². The van der Waals surface area contributed by atoms with Crippen LogP contribution in [0.3, 0.4) is 0 Å². The van der Waals surface area contributed by atoms with Gasteiger partial charge in [0.25, 0.3) is 0 Å². The van der Waals surface area contributed by atoms with Gasteiger partial charge in [0, 0.05) is 5.92 Å². The molecule has 12 heavy (non-hydrogen) atoms. The van der Waals surface area contributed by atoms with Crippen molar-refractivity contribution >= 4 is 17.5 Å². The molecule has 0 unspecified atom stereocenters. The van der Waals surface area contributed by atoms with Gasteiger partial charge in [-0.05, 0) is 12.8 Å². The third-order valence-electron chi connectivity index (χ3n) is 1.67. The maximum absolute atomic E-state index is 9.46. The van der Waals surface area contributed by atoms with Gasteiger partial charge in [-0.3, -0.25) is 4.79 Å². The zero-order valence-corrected chi connectivity index (χ0v) is 7.68. The molecule has 0 radical (unpaired) electrons. The summed E-state index contributed by atoms with van der Waals surface area (Å²) in [6.07, 6.45) is 4.85. The zero-order valence-electron chi connectivity index (χ0n) is 6.92. The van der Waals surface area contributed by atoms with E-state index in [9.17, 15) is 4.79 Å². The van der Waals surface area contributed by atoms with Crippen LogP contribution in [-0.2, 0) is 4.79 Å². The molecule has 1 fully saturated rings. The van der Waals surface area contributed by atoms with Gasteiger partial charge in [-0.25, -0.2) is 0 Å². The molecule has 68 valence electrons. The topological polar surface area (TPSA) is 66.9 Å². The molecule has 0 saturated heterocycles. The first-order chi connectivity index (χ1) is 5.70. The number of carbonyl (C=O) groups excluding carboxylic acids is 1. The SMILES string of the molecule is N#CC1CCCC1.NC(=O)CCl. The van der Waals surface area contributed by atoms with Crippen molar-refractivity contribution in [3.05, 3.63) is 0 Å². The van der Waals surface area contributed by atoms with Crippen molar-refractivity contribution in [3.63, 3.8) is 0 Å². The lowest BCUT2D eigenvalue weighted by Gasteiger charge is -1.87. The predicted octanol–water partition coefficient (Wildman–Crippen LogP) is 1.41. The summed E-state index contributed by atoms with van der Waals surface area (Å²) in [4.78, 5) is 9.46. The minimum atomic E-state index is -0.480. The smallest absolute Gasteiger partial charge is 0.232 e. The van der Waals surface area contributed by atoms with Crippen LogP contribution in [0.25, 0.3) is 0 Å². The molecule has 0 bridgehead atoms. The Morgan fingerprint density at radius 3 is 2.17 bits per heavy atom. The lowest BCUT2D eigenvalue weighted by Crippen LogP contribution is -2.10. The van der Waals surface area contributed by atoms with Gasteiger partial charge in [0.2, 0.25) is 5.91 Å². The molecule has 1 aliphatic rings. The summed E-state index contributed by atoms with van der Waals surface area (Å²) in [5.74, 6) is -0.160. The van der Waals surface area contributed by atoms with Gasteiger partial charge in [0.1, 0.15) is 5.88 Å². The Bertz CT molecular complexity index is 170. The third kappa shape index (κ3) is 5.99. The fraction of sp³-hybridized carbons (Fsp3) is 0.750. The minimum absolute atomic E-state index is 0.0833. The Kier molecular flexibility index (Phi) is 6.50. The summed E-state index contributed by atoms with van der Waals surface area (Å²) < 4.78 is 0. The van der Waals surface area contributed by atoms with E-state index in [2.05, 4.69) is 11.8 Å². The number of alkyl halides is 1. The Labute approximate surface area is 77.5 Å². The number of nitriles is 1. The molecular weight excluding hydrogens is 176 g/mol. The highest BCUT2D eigenvalue weighted by molar-refractivity contribution is 6.27. The molecule has 1 aliphatic carbocycles. The van der Waals surface area contributed by atoms with E-state index in [1.54, 1.807) is 0 Å². The minimum Gasteiger partial charge on any atom is -0.369 e. The van der Waals surface area contributed by atoms with Gasteiger partial charge in [0.15, 0.2) is 0 Å². The number of carbonyl (C=O) groups is 1. The number of rotatable bonds is 1. The van der Waals surface area contributed by atoms with Crippen LogP contribution in [0.15, 0.2) is 0 Å². The molecule has 1 saturated carbocycles. The van der Waals surface area contributed by atoms with Crippen molar-refractivity contribution in [1.82, 2.24) is 0 Å². The number of nitrogens with zero attached hydrogens (tertiary/aromatic N) is 1. The Balaban J connectivity index is 0.000000217. The first-order valence-corrected chi connectivity index (χ1v) is 4.48. The Morgan fingerprint density at radius 2 is 2.00 bits per heavy atom. The highest BCUT2D eigenvalue weighted by Gasteiger charge is 2.12. The zero-order chi connectivity index (χ0) is 9.40. The van der Waals surface area contributed by atoms with Gasteiger partial charge < -0.3 is 5.73 Å². The molecular formula is C8H13ClN2O. The Morgan fingerprint density at radius 1 is 1.58 bits per heavy atom. The molecule has 0 aromatic rings. The average molecular weight is 189 g/mol. The van der Waals surface area contributed by atoms with E-state index in [1.165, 1.54) is 12.8 Å². The Hall–Kier alpha value is -0.750. The van der Waals surface area contributed by atoms with Crippen LogP contribution in [0.4, 0.5) is 0 Å². The van der Waals surface area contributed by atoms with Crippen LogP contribution in [-0.4, -0.2) is 11.8 Å². The van der Waals surface area contributed by atoms with E-state index < -0.39 is 5.91 Å². The molecule has 0 heterocycles. The van der Waals surface area contributed by atoms with Crippen molar-refractivity contribution < 1.29 is 4.79 Å². The molecule has 0 aliphatic heterocycles. The summed E-state index contributed by atoms with van der Waals surface area (Å²) in [5, 5.41) is 8.32. The summed E-state index contributed by atoms with van der Waals surface area (Å²) >= 11 is 4.86. The van der Waals surface area contributed by atoms with E-state index in [0.717, 1.165) is 12.8 Å². The van der Waals surface area contributed by atoms with Gasteiger partial charge >= 0.3 is 0 Å². The molecule has 1 rings (SSSR count). The highest BCUT2D eigenvalue weighted by Crippen LogP contribution is 2.23. The van der Waals surface area contributed by atoms with Crippen LogP contribution >= 0.6 is 11.6 Å². The number of hydrogen-bond donors (Lipinski definition) is 1. The quantitative estimate of drug-likeness (QED) is 0.633. The van der Waals surface area contributed by atoms with Crippen molar-refractivity contribution in [2.24, 2.45) is 11.7 Å². The number of amides is 1. The van der Waals surface area contributed by atoms with Crippen LogP contribution in [0.1, 0.15) is 25.7 Å². The first-order valence-electron chi connectivity index (χ1n) is 3.94. The highest BCUT2D eigenvalue weighted by atomic mass is 35.5. The second-order valence-electron chi connectivity index (χ2n) is 2.71. The molecule has 0 atom stereocenters. The fourth-order valence-electron chi connectivity index (χ4n) is 1.05. The predicted molar refractivity (Wildman–Crippen MR) is 47.5 cm³/mol. The maximum Gasteiger partial charge on any atom is 0.232 e. The maximum atomic E-state index is 9.46. The van der Waals surface area contributed by atoms with Crippen LogP contribution in [0, 0.1) is 17.2 Å². The number of nitrogens with two attached hydrogens (primary N) is 1. The van der Waals surface area contributed by atoms with Gasteiger partial charge in [0.05, 0.1) is 6.07 Å². The number of hydrogen-bond acceptors (Lipinski definition) is 2. The van der Waals surface area contributed by atoms with Crippen molar-refractivity contribution in [3.8, 4) is 6.07 Å². The molecule has 0 spiro atoms. The third-order valence-corrected chi connectivity index (χ3v) is 1.93. The van der Waals surface area contributed by atoms with Crippen molar-refractivity contribution in [2.45, 2.75) is 25.7 Å². The molecule has 1 amide bonds. The van der Waals surface area contributed by atoms with Gasteiger partial charge in [-0.15, -0.1) is 11.6 Å². The number of primary amides is 1. The number of halogens is 1. The fourth-order valence-corrected chi connectivity index (χ4v) is 1.05. The lowest BCUT2D eigenvalue weighted by atomic mass is 10.1. The normalized spacial score (nSPS) is 16.0. The first kappa shape index (κ1) is 11.2. The van der Waals surface area contributed by atoms with Crippen LogP contribution in [0.5, 0.6) is 0 Å². The van der Waals surface area contributed by atoms with Gasteiger partial charge in [-0.2, -0.15) is 5.26 Å². The molecule has 4 heteroatoms. The van der Waals surface area contributed by atoms with Gasteiger partial charge in [-0.1, -0.05) is 12.8 Å². The second-order valence-corrected chi connectivity index (χ2v) is 2.98. The summed E-state index contributed by atoms with van der Waals surface area (Å²) in [6, 6.07) is 2.26. The largest absolute Gasteiger partial charge is 0.369 e. The van der Waals surface area contributed by atoms with Crippen LogP contribution in [0.2, 0.25) is 0 Å². The molecule has 0 aromatic heterocycles. The standard InChI is InChI=1S/C6H9N.C2H4ClNO/c7-5-6-3-1-2-4-6;3-1-2(4)5/h6H,1-4H2;1H2,(H2,4,5). The van der Waals surface area contributed by atoms with E-state index in [1.807, 2.05) is 0 Å². The summed E-state index contributed by atoms with van der Waals surface area (Å²) in [6.45, 7) is 0. The monoisotopic (exact) mass is 188 g/mol. The van der Waals surface area contributed by atoms with E-state index in [0.29, 0.717) is 5.92 Å². The lowest BCUT2D eigenvalue weighted by molar-refractivity contribution is -0.115. The molecule has 0 aromatic carbocycles. The van der Waals surface area contributed by atoms with E-state index in [-0.39, 0.29) is 5.88 Å². The summed E-state index contributed by atoms with van der Waals surface area (Å²) in [7, 11) is 0. The van der Waals surface area contributed by atoms with Crippen LogP contribution < -0.4 is 5.73 Å².